The van der Waals surface area contributed by atoms with Crippen LogP contribution < -0.4 is 0 Å². The first-order valence-electron chi connectivity index (χ1n) is 2.77. The van der Waals surface area contributed by atoms with Crippen molar-refractivity contribution in [3.63, 3.8) is 0 Å². The van der Waals surface area contributed by atoms with E-state index in [0.717, 1.165) is 0 Å². The second-order valence-electron chi connectivity index (χ2n) is 1.99. The summed E-state index contributed by atoms with van der Waals surface area (Å²) < 4.78 is 35.4. The zero-order chi connectivity index (χ0) is 6.91. The fraction of sp³-hybridized carbons (Fsp3) is 0.800. The SMILES string of the molecule is FC(F)(F)[N+]1=CCCC1. The maximum Gasteiger partial charge on any atom is 0.632 e. The molecule has 0 aromatic rings. The molecule has 0 bridgehead atoms. The molecular weight excluding hydrogens is 131 g/mol. The summed E-state index contributed by atoms with van der Waals surface area (Å²) in [5.41, 5.74) is 0. The van der Waals surface area contributed by atoms with E-state index in [4.69, 9.17) is 0 Å². The molecule has 0 amide bonds. The topological polar surface area (TPSA) is 3.01 Å². The maximum absolute atomic E-state index is 11.7. The molecule has 0 saturated heterocycles. The predicted molar refractivity (Wildman–Crippen MR) is 26.5 cm³/mol. The molecule has 52 valence electrons. The van der Waals surface area contributed by atoms with Crippen LogP contribution in [0.25, 0.3) is 0 Å². The van der Waals surface area contributed by atoms with Crippen LogP contribution >= 0.6 is 0 Å². The summed E-state index contributed by atoms with van der Waals surface area (Å²) in [5.74, 6) is 0. The van der Waals surface area contributed by atoms with E-state index in [-0.39, 0.29) is 6.54 Å². The van der Waals surface area contributed by atoms with Crippen LogP contribution in [0.15, 0.2) is 0 Å². The van der Waals surface area contributed by atoms with E-state index in [1.54, 1.807) is 0 Å². The van der Waals surface area contributed by atoms with Crippen molar-refractivity contribution in [3.05, 3.63) is 0 Å². The highest BCUT2D eigenvalue weighted by molar-refractivity contribution is 5.52. The van der Waals surface area contributed by atoms with E-state index < -0.39 is 6.30 Å². The third kappa shape index (κ3) is 1.43. The first kappa shape index (κ1) is 6.58. The lowest BCUT2D eigenvalue weighted by molar-refractivity contribution is -0.705. The van der Waals surface area contributed by atoms with Crippen LogP contribution in [0.1, 0.15) is 12.8 Å². The number of halogens is 3. The first-order chi connectivity index (χ1) is 4.11. The molecular formula is C5H7F3N+. The zero-order valence-corrected chi connectivity index (χ0v) is 4.78. The Labute approximate surface area is 50.8 Å². The van der Waals surface area contributed by atoms with Gasteiger partial charge in [-0.3, -0.25) is 0 Å². The highest BCUT2D eigenvalue weighted by Crippen LogP contribution is 2.18. The Morgan fingerprint density at radius 1 is 1.33 bits per heavy atom. The molecule has 4 heteroatoms. The van der Waals surface area contributed by atoms with Crippen molar-refractivity contribution in [2.75, 3.05) is 6.54 Å². The fourth-order valence-electron chi connectivity index (χ4n) is 0.830. The summed E-state index contributed by atoms with van der Waals surface area (Å²) >= 11 is 0. The van der Waals surface area contributed by atoms with Gasteiger partial charge in [0.25, 0.3) is 0 Å². The second kappa shape index (κ2) is 2.01. The van der Waals surface area contributed by atoms with Crippen LogP contribution in [-0.4, -0.2) is 23.6 Å². The Morgan fingerprint density at radius 2 is 2.00 bits per heavy atom. The third-order valence-corrected chi connectivity index (χ3v) is 1.28. The van der Waals surface area contributed by atoms with E-state index in [1.165, 1.54) is 6.21 Å². The smallest absolute Gasteiger partial charge is 0.144 e. The Morgan fingerprint density at radius 3 is 2.22 bits per heavy atom. The summed E-state index contributed by atoms with van der Waals surface area (Å²) in [6.45, 7) is 0.128. The average Bonchev–Trinajstić information content (AvgIpc) is 2.08. The normalized spacial score (nSPS) is 20.1. The van der Waals surface area contributed by atoms with Gasteiger partial charge in [0.1, 0.15) is 6.21 Å². The van der Waals surface area contributed by atoms with Crippen LogP contribution in [0.5, 0.6) is 0 Å². The van der Waals surface area contributed by atoms with Crippen molar-refractivity contribution in [3.8, 4) is 0 Å². The van der Waals surface area contributed by atoms with Crippen LogP contribution in [0.3, 0.4) is 0 Å². The van der Waals surface area contributed by atoms with Crippen molar-refractivity contribution in [2.45, 2.75) is 19.1 Å². The van der Waals surface area contributed by atoms with E-state index in [0.29, 0.717) is 17.4 Å². The van der Waals surface area contributed by atoms with Gasteiger partial charge in [-0.25, -0.2) is 0 Å². The molecule has 0 aromatic heterocycles. The summed E-state index contributed by atoms with van der Waals surface area (Å²) in [5, 5.41) is 0. The zero-order valence-electron chi connectivity index (χ0n) is 4.78. The molecule has 1 aliphatic heterocycles. The average molecular weight is 138 g/mol. The first-order valence-corrected chi connectivity index (χ1v) is 2.77. The number of rotatable bonds is 0. The summed E-state index contributed by atoms with van der Waals surface area (Å²) in [4.78, 5) is 0. The highest BCUT2D eigenvalue weighted by Gasteiger charge is 2.43. The van der Waals surface area contributed by atoms with Gasteiger partial charge < -0.3 is 0 Å². The summed E-state index contributed by atoms with van der Waals surface area (Å²) in [6, 6.07) is 0. The Hall–Kier alpha value is -0.540. The van der Waals surface area contributed by atoms with Gasteiger partial charge in [-0.1, -0.05) is 0 Å². The maximum atomic E-state index is 11.7. The number of hydrogen-bond acceptors (Lipinski definition) is 0. The van der Waals surface area contributed by atoms with Gasteiger partial charge in [0, 0.05) is 12.8 Å². The molecule has 1 aliphatic rings. The van der Waals surface area contributed by atoms with Crippen LogP contribution in [0, 0.1) is 0 Å². The van der Waals surface area contributed by atoms with E-state index in [1.807, 2.05) is 0 Å². The fourth-order valence-corrected chi connectivity index (χ4v) is 0.830. The monoisotopic (exact) mass is 138 g/mol. The third-order valence-electron chi connectivity index (χ3n) is 1.28. The van der Waals surface area contributed by atoms with E-state index in [2.05, 4.69) is 0 Å². The molecule has 0 N–H and O–H groups in total. The van der Waals surface area contributed by atoms with Crippen molar-refractivity contribution in [2.24, 2.45) is 0 Å². The molecule has 0 fully saturated rings. The van der Waals surface area contributed by atoms with E-state index >= 15 is 0 Å². The van der Waals surface area contributed by atoms with Gasteiger partial charge in [-0.2, -0.15) is 0 Å². The largest absolute Gasteiger partial charge is 0.632 e. The van der Waals surface area contributed by atoms with Gasteiger partial charge in [-0.05, 0) is 0 Å². The minimum Gasteiger partial charge on any atom is -0.144 e. The molecule has 0 saturated carbocycles. The lowest BCUT2D eigenvalue weighted by atomic mass is 10.4. The molecule has 1 rings (SSSR count). The summed E-state index contributed by atoms with van der Waals surface area (Å²) in [6.07, 6.45) is -1.77. The minimum absolute atomic E-state index is 0.128. The number of nitrogens with zero attached hydrogens (tertiary/aromatic N) is 1. The van der Waals surface area contributed by atoms with Crippen molar-refractivity contribution < 1.29 is 17.7 Å². The molecule has 0 atom stereocenters. The van der Waals surface area contributed by atoms with Gasteiger partial charge in [-0.15, -0.1) is 17.7 Å². The van der Waals surface area contributed by atoms with Crippen molar-refractivity contribution >= 4 is 6.21 Å². The molecule has 9 heavy (non-hydrogen) atoms. The molecule has 0 spiro atoms. The Bertz CT molecular complexity index is 136. The molecule has 0 aromatic carbocycles. The molecule has 0 unspecified atom stereocenters. The van der Waals surface area contributed by atoms with Crippen LogP contribution in [0.4, 0.5) is 13.2 Å². The van der Waals surface area contributed by atoms with Crippen LogP contribution in [0.2, 0.25) is 0 Å². The highest BCUT2D eigenvalue weighted by atomic mass is 19.4. The van der Waals surface area contributed by atoms with Crippen LogP contribution in [-0.2, 0) is 0 Å². The standard InChI is InChI=1S/C5H7F3N/c6-5(7,8)9-3-1-2-4-9/h3H,1-2,4H2/q+1. The minimum atomic E-state index is -4.14. The van der Waals surface area contributed by atoms with Gasteiger partial charge in [0.05, 0.1) is 0 Å². The van der Waals surface area contributed by atoms with Gasteiger partial charge in [0.2, 0.25) is 0 Å². The summed E-state index contributed by atoms with van der Waals surface area (Å²) in [7, 11) is 0. The predicted octanol–water partition coefficient (Wildman–Crippen LogP) is 1.38. The van der Waals surface area contributed by atoms with Crippen molar-refractivity contribution in [1.29, 1.82) is 0 Å². The Balaban J connectivity index is 2.61. The van der Waals surface area contributed by atoms with Gasteiger partial charge >= 0.3 is 6.30 Å². The molecule has 0 radical (unpaired) electrons. The quantitative estimate of drug-likeness (QED) is 0.351. The molecule has 1 heterocycles. The second-order valence-corrected chi connectivity index (χ2v) is 1.99. The Kier molecular flexibility index (Phi) is 1.47. The molecule has 0 aliphatic carbocycles. The van der Waals surface area contributed by atoms with E-state index in [9.17, 15) is 13.2 Å². The lowest BCUT2D eigenvalue weighted by Crippen LogP contribution is -2.26. The number of alkyl halides is 3. The lowest BCUT2D eigenvalue weighted by Gasteiger charge is -1.98. The molecule has 1 nitrogen and oxygen atoms in total. The van der Waals surface area contributed by atoms with Crippen molar-refractivity contribution in [1.82, 2.24) is 0 Å². The van der Waals surface area contributed by atoms with Gasteiger partial charge in [0.15, 0.2) is 6.54 Å². The number of hydrogen-bond donors (Lipinski definition) is 0.